The predicted octanol–water partition coefficient (Wildman–Crippen LogP) is 1.36. The van der Waals surface area contributed by atoms with Crippen LogP contribution in [-0.4, -0.2) is 16.9 Å². The molecular formula is C10H18N2OS. The van der Waals surface area contributed by atoms with Crippen LogP contribution in [0.15, 0.2) is 0 Å². The van der Waals surface area contributed by atoms with Crippen molar-refractivity contribution in [2.75, 3.05) is 0 Å². The maximum atomic E-state index is 11.6. The molecule has 1 atom stereocenters. The van der Waals surface area contributed by atoms with E-state index in [1.165, 1.54) is 19.3 Å². The summed E-state index contributed by atoms with van der Waals surface area (Å²) in [6, 6.07) is 0.341. The van der Waals surface area contributed by atoms with Gasteiger partial charge < -0.3 is 11.1 Å². The van der Waals surface area contributed by atoms with E-state index in [9.17, 15) is 4.79 Å². The largest absolute Gasteiger partial charge is 0.393 e. The molecule has 1 aliphatic rings. The average molecular weight is 214 g/mol. The third kappa shape index (κ3) is 3.25. The van der Waals surface area contributed by atoms with E-state index in [-0.39, 0.29) is 16.8 Å². The van der Waals surface area contributed by atoms with Gasteiger partial charge in [0.05, 0.1) is 10.9 Å². The first kappa shape index (κ1) is 11.4. The lowest BCUT2D eigenvalue weighted by Crippen LogP contribution is -2.42. The van der Waals surface area contributed by atoms with Crippen molar-refractivity contribution in [3.05, 3.63) is 0 Å². The van der Waals surface area contributed by atoms with Gasteiger partial charge >= 0.3 is 0 Å². The highest BCUT2D eigenvalue weighted by atomic mass is 32.1. The molecule has 1 amide bonds. The molecule has 1 fully saturated rings. The van der Waals surface area contributed by atoms with Gasteiger partial charge in [-0.15, -0.1) is 0 Å². The Kier molecular flexibility index (Phi) is 4.32. The second kappa shape index (κ2) is 5.29. The Bertz CT molecular complexity index is 224. The van der Waals surface area contributed by atoms with Crippen LogP contribution in [-0.2, 0) is 4.79 Å². The highest BCUT2D eigenvalue weighted by Gasteiger charge is 2.20. The number of rotatable bonds is 3. The molecule has 0 spiro atoms. The molecule has 0 aromatic rings. The first-order valence-electron chi connectivity index (χ1n) is 5.21. The van der Waals surface area contributed by atoms with Crippen molar-refractivity contribution in [1.29, 1.82) is 0 Å². The number of hydrogen-bond acceptors (Lipinski definition) is 2. The lowest BCUT2D eigenvalue weighted by molar-refractivity contribution is -0.123. The highest BCUT2D eigenvalue weighted by molar-refractivity contribution is 7.80. The normalized spacial score (nSPS) is 20.1. The second-order valence-electron chi connectivity index (χ2n) is 3.97. The van der Waals surface area contributed by atoms with Gasteiger partial charge in [0.15, 0.2) is 0 Å². The summed E-state index contributed by atoms with van der Waals surface area (Å²) < 4.78 is 0. The van der Waals surface area contributed by atoms with Crippen LogP contribution >= 0.6 is 12.2 Å². The van der Waals surface area contributed by atoms with Crippen LogP contribution in [0.3, 0.4) is 0 Å². The maximum Gasteiger partial charge on any atom is 0.229 e. The SMILES string of the molecule is CC(C(=O)NC1CCCCC1)C(N)=S. The summed E-state index contributed by atoms with van der Waals surface area (Å²) in [5.41, 5.74) is 5.41. The van der Waals surface area contributed by atoms with E-state index in [2.05, 4.69) is 5.32 Å². The number of nitrogens with one attached hydrogen (secondary N) is 1. The number of hydrogen-bond donors (Lipinski definition) is 2. The van der Waals surface area contributed by atoms with Crippen molar-refractivity contribution in [1.82, 2.24) is 5.32 Å². The minimum atomic E-state index is -0.341. The summed E-state index contributed by atoms with van der Waals surface area (Å²) in [5, 5.41) is 2.99. The van der Waals surface area contributed by atoms with Gasteiger partial charge in [0.1, 0.15) is 0 Å². The van der Waals surface area contributed by atoms with E-state index in [0.29, 0.717) is 6.04 Å². The summed E-state index contributed by atoms with van der Waals surface area (Å²) in [6.45, 7) is 1.75. The average Bonchev–Trinajstić information content (AvgIpc) is 2.18. The Balaban J connectivity index is 2.35. The molecule has 1 aliphatic carbocycles. The Hall–Kier alpha value is -0.640. The fourth-order valence-corrected chi connectivity index (χ4v) is 1.81. The van der Waals surface area contributed by atoms with Crippen LogP contribution in [0.25, 0.3) is 0 Å². The Morgan fingerprint density at radius 1 is 1.43 bits per heavy atom. The first-order valence-corrected chi connectivity index (χ1v) is 5.62. The molecule has 0 radical (unpaired) electrons. The number of thiocarbonyl (C=S) groups is 1. The van der Waals surface area contributed by atoms with E-state index in [0.717, 1.165) is 12.8 Å². The number of nitrogens with two attached hydrogens (primary N) is 1. The quantitative estimate of drug-likeness (QED) is 0.697. The fourth-order valence-electron chi connectivity index (χ4n) is 1.70. The summed E-state index contributed by atoms with van der Waals surface area (Å²) >= 11 is 4.78. The van der Waals surface area contributed by atoms with Crippen LogP contribution in [0, 0.1) is 5.92 Å². The Labute approximate surface area is 90.4 Å². The maximum absolute atomic E-state index is 11.6. The van der Waals surface area contributed by atoms with Crippen molar-refractivity contribution < 1.29 is 4.79 Å². The van der Waals surface area contributed by atoms with Crippen molar-refractivity contribution in [3.63, 3.8) is 0 Å². The number of amides is 1. The molecule has 0 heterocycles. The van der Waals surface area contributed by atoms with E-state index in [1.807, 2.05) is 0 Å². The molecule has 14 heavy (non-hydrogen) atoms. The van der Waals surface area contributed by atoms with Gasteiger partial charge in [-0.2, -0.15) is 0 Å². The molecule has 0 aromatic carbocycles. The molecule has 0 aliphatic heterocycles. The standard InChI is InChI=1S/C10H18N2OS/c1-7(9(11)14)10(13)12-8-5-3-2-4-6-8/h7-8H,2-6H2,1H3,(H2,11,14)(H,12,13). The predicted molar refractivity (Wildman–Crippen MR) is 61.0 cm³/mol. The topological polar surface area (TPSA) is 55.1 Å². The molecule has 3 N–H and O–H groups in total. The van der Waals surface area contributed by atoms with Gasteiger partial charge in [-0.05, 0) is 19.8 Å². The fraction of sp³-hybridized carbons (Fsp3) is 0.800. The zero-order valence-electron chi connectivity index (χ0n) is 8.58. The Morgan fingerprint density at radius 2 is 2.00 bits per heavy atom. The highest BCUT2D eigenvalue weighted by Crippen LogP contribution is 2.17. The lowest BCUT2D eigenvalue weighted by atomic mass is 9.95. The van der Waals surface area contributed by atoms with E-state index in [4.69, 9.17) is 18.0 Å². The zero-order valence-corrected chi connectivity index (χ0v) is 9.40. The van der Waals surface area contributed by atoms with Crippen LogP contribution in [0.1, 0.15) is 39.0 Å². The van der Waals surface area contributed by atoms with E-state index >= 15 is 0 Å². The molecule has 1 rings (SSSR count). The lowest BCUT2D eigenvalue weighted by Gasteiger charge is -2.24. The van der Waals surface area contributed by atoms with Gasteiger partial charge in [0.2, 0.25) is 5.91 Å². The molecular weight excluding hydrogens is 196 g/mol. The van der Waals surface area contributed by atoms with E-state index in [1.54, 1.807) is 6.92 Å². The van der Waals surface area contributed by atoms with E-state index < -0.39 is 0 Å². The first-order chi connectivity index (χ1) is 6.61. The molecule has 1 saturated carbocycles. The zero-order chi connectivity index (χ0) is 10.6. The molecule has 4 heteroatoms. The third-order valence-electron chi connectivity index (χ3n) is 2.77. The molecule has 80 valence electrons. The molecule has 3 nitrogen and oxygen atoms in total. The minimum absolute atomic E-state index is 0.0237. The van der Waals surface area contributed by atoms with Crippen molar-refractivity contribution in [2.45, 2.75) is 45.1 Å². The van der Waals surface area contributed by atoms with Gasteiger partial charge in [0, 0.05) is 6.04 Å². The van der Waals surface area contributed by atoms with Gasteiger partial charge in [0.25, 0.3) is 0 Å². The second-order valence-corrected chi connectivity index (χ2v) is 4.44. The third-order valence-corrected chi connectivity index (χ3v) is 3.13. The number of carbonyl (C=O) groups excluding carboxylic acids is 1. The minimum Gasteiger partial charge on any atom is -0.393 e. The summed E-state index contributed by atoms with van der Waals surface area (Å²) in [6.07, 6.45) is 5.90. The van der Waals surface area contributed by atoms with Crippen molar-refractivity contribution >= 4 is 23.1 Å². The molecule has 0 saturated heterocycles. The van der Waals surface area contributed by atoms with Gasteiger partial charge in [-0.3, -0.25) is 4.79 Å². The van der Waals surface area contributed by atoms with Crippen LogP contribution in [0.2, 0.25) is 0 Å². The monoisotopic (exact) mass is 214 g/mol. The van der Waals surface area contributed by atoms with Crippen LogP contribution < -0.4 is 11.1 Å². The summed E-state index contributed by atoms with van der Waals surface area (Å²) in [7, 11) is 0. The number of carbonyl (C=O) groups is 1. The molecule has 1 unspecified atom stereocenters. The summed E-state index contributed by atoms with van der Waals surface area (Å²) in [5.74, 6) is -0.365. The molecule has 0 aromatic heterocycles. The Morgan fingerprint density at radius 3 is 2.50 bits per heavy atom. The van der Waals surface area contributed by atoms with Crippen LogP contribution in [0.4, 0.5) is 0 Å². The van der Waals surface area contributed by atoms with Crippen molar-refractivity contribution in [2.24, 2.45) is 11.7 Å². The summed E-state index contributed by atoms with van der Waals surface area (Å²) in [4.78, 5) is 11.9. The van der Waals surface area contributed by atoms with Gasteiger partial charge in [-0.1, -0.05) is 31.5 Å². The molecule has 0 bridgehead atoms. The van der Waals surface area contributed by atoms with Crippen LogP contribution in [0.5, 0.6) is 0 Å². The van der Waals surface area contributed by atoms with Crippen molar-refractivity contribution in [3.8, 4) is 0 Å². The van der Waals surface area contributed by atoms with Gasteiger partial charge in [-0.25, -0.2) is 0 Å². The smallest absolute Gasteiger partial charge is 0.229 e.